The van der Waals surface area contributed by atoms with Crippen LogP contribution in [0, 0.1) is 12.8 Å². The van der Waals surface area contributed by atoms with Crippen LogP contribution in [0.25, 0.3) is 10.7 Å². The average molecular weight is 379 g/mol. The first-order chi connectivity index (χ1) is 13.1. The summed E-state index contributed by atoms with van der Waals surface area (Å²) in [5, 5.41) is 11.9. The molecule has 1 fully saturated rings. The number of benzene rings is 1. The van der Waals surface area contributed by atoms with E-state index >= 15 is 0 Å². The third-order valence-corrected chi connectivity index (χ3v) is 5.24. The number of nitrogens with zero attached hydrogens (tertiary/aromatic N) is 4. The summed E-state index contributed by atoms with van der Waals surface area (Å²) in [6.45, 7) is 2.35. The van der Waals surface area contributed by atoms with E-state index < -0.39 is 5.92 Å². The fourth-order valence-corrected chi connectivity index (χ4v) is 3.65. The summed E-state index contributed by atoms with van der Waals surface area (Å²) in [4.78, 5) is 30.8. The van der Waals surface area contributed by atoms with E-state index in [0.29, 0.717) is 22.4 Å². The van der Waals surface area contributed by atoms with Crippen LogP contribution in [0.15, 0.2) is 48.7 Å². The Bertz CT molecular complexity index is 971. The Kier molecular flexibility index (Phi) is 4.64. The van der Waals surface area contributed by atoms with Gasteiger partial charge in [0, 0.05) is 24.8 Å². The maximum atomic E-state index is 12.6. The molecule has 2 aromatic heterocycles. The van der Waals surface area contributed by atoms with Gasteiger partial charge in [0.15, 0.2) is 5.01 Å². The van der Waals surface area contributed by atoms with E-state index in [9.17, 15) is 9.59 Å². The number of hydrogen-bond donors (Lipinski definition) is 1. The predicted octanol–water partition coefficient (Wildman–Crippen LogP) is 2.90. The fraction of sp³-hybridized carbons (Fsp3) is 0.211. The molecule has 1 aromatic carbocycles. The van der Waals surface area contributed by atoms with E-state index in [2.05, 4.69) is 20.5 Å². The van der Waals surface area contributed by atoms with Crippen molar-refractivity contribution < 1.29 is 9.59 Å². The molecule has 1 aliphatic heterocycles. The normalized spacial score (nSPS) is 16.6. The second kappa shape index (κ2) is 7.24. The van der Waals surface area contributed by atoms with E-state index in [-0.39, 0.29) is 18.2 Å². The number of carbonyl (C=O) groups is 2. The summed E-state index contributed by atoms with van der Waals surface area (Å²) in [6, 6.07) is 13.2. The number of amides is 2. The van der Waals surface area contributed by atoms with Gasteiger partial charge in [0.25, 0.3) is 0 Å². The van der Waals surface area contributed by atoms with Gasteiger partial charge in [-0.1, -0.05) is 35.1 Å². The summed E-state index contributed by atoms with van der Waals surface area (Å²) >= 11 is 1.26. The summed E-state index contributed by atoms with van der Waals surface area (Å²) in [7, 11) is 0. The van der Waals surface area contributed by atoms with Crippen LogP contribution in [-0.4, -0.2) is 33.5 Å². The average Bonchev–Trinajstić information content (AvgIpc) is 3.30. The first-order valence-electron chi connectivity index (χ1n) is 8.53. The Morgan fingerprint density at radius 2 is 2.00 bits per heavy atom. The Balaban J connectivity index is 1.43. The maximum absolute atomic E-state index is 12.6. The van der Waals surface area contributed by atoms with Crippen LogP contribution in [0.3, 0.4) is 0 Å². The summed E-state index contributed by atoms with van der Waals surface area (Å²) in [6.07, 6.45) is 1.87. The highest BCUT2D eigenvalue weighted by molar-refractivity contribution is 7.18. The number of aromatic nitrogens is 3. The minimum absolute atomic E-state index is 0.0505. The number of carbonyl (C=O) groups excluding carboxylic acids is 2. The Morgan fingerprint density at radius 1 is 1.19 bits per heavy atom. The monoisotopic (exact) mass is 379 g/mol. The molecule has 2 amide bonds. The number of nitrogens with one attached hydrogen (secondary N) is 1. The zero-order valence-electron chi connectivity index (χ0n) is 14.6. The van der Waals surface area contributed by atoms with Crippen LogP contribution in [0.4, 0.5) is 10.8 Å². The number of pyridine rings is 1. The molecule has 0 radical (unpaired) electrons. The predicted molar refractivity (Wildman–Crippen MR) is 103 cm³/mol. The number of hydrogen-bond acceptors (Lipinski definition) is 6. The van der Waals surface area contributed by atoms with Crippen molar-refractivity contribution in [1.82, 2.24) is 15.2 Å². The second-order valence-electron chi connectivity index (χ2n) is 6.36. The second-order valence-corrected chi connectivity index (χ2v) is 7.34. The van der Waals surface area contributed by atoms with Gasteiger partial charge in [-0.15, -0.1) is 10.2 Å². The quantitative estimate of drug-likeness (QED) is 0.753. The van der Waals surface area contributed by atoms with Crippen LogP contribution in [0.1, 0.15) is 12.0 Å². The number of rotatable bonds is 4. The SMILES string of the molecule is Cc1ccc(N2CC(C(=O)Nc3nnc(-c4ccccn4)s3)CC2=O)cc1. The fourth-order valence-electron chi connectivity index (χ4n) is 2.93. The molecule has 1 aliphatic rings. The molecule has 136 valence electrons. The van der Waals surface area contributed by atoms with Gasteiger partial charge in [-0.25, -0.2) is 0 Å². The van der Waals surface area contributed by atoms with E-state index in [1.54, 1.807) is 11.1 Å². The molecule has 0 bridgehead atoms. The van der Waals surface area contributed by atoms with E-state index in [1.165, 1.54) is 11.3 Å². The Morgan fingerprint density at radius 3 is 2.74 bits per heavy atom. The molecule has 8 heteroatoms. The molecular formula is C19H17N5O2S. The van der Waals surface area contributed by atoms with Crippen molar-refractivity contribution in [2.24, 2.45) is 5.92 Å². The number of aryl methyl sites for hydroxylation is 1. The first kappa shape index (κ1) is 17.3. The molecule has 1 saturated heterocycles. The van der Waals surface area contributed by atoms with Gasteiger partial charge in [-0.05, 0) is 31.2 Å². The summed E-state index contributed by atoms with van der Waals surface area (Å²) < 4.78 is 0. The molecule has 1 unspecified atom stereocenters. The van der Waals surface area contributed by atoms with Crippen molar-refractivity contribution in [3.63, 3.8) is 0 Å². The lowest BCUT2D eigenvalue weighted by Crippen LogP contribution is -2.28. The molecule has 0 saturated carbocycles. The molecule has 0 aliphatic carbocycles. The third kappa shape index (κ3) is 3.70. The molecular weight excluding hydrogens is 362 g/mol. The highest BCUT2D eigenvalue weighted by Crippen LogP contribution is 2.28. The third-order valence-electron chi connectivity index (χ3n) is 4.38. The molecule has 3 heterocycles. The Labute approximate surface area is 160 Å². The van der Waals surface area contributed by atoms with Crippen LogP contribution < -0.4 is 10.2 Å². The Hall–Kier alpha value is -3.13. The van der Waals surface area contributed by atoms with Crippen molar-refractivity contribution in [2.75, 3.05) is 16.8 Å². The summed E-state index contributed by atoms with van der Waals surface area (Å²) in [5.74, 6) is -0.687. The lowest BCUT2D eigenvalue weighted by Gasteiger charge is -2.16. The molecule has 4 rings (SSSR count). The lowest BCUT2D eigenvalue weighted by molar-refractivity contribution is -0.122. The minimum Gasteiger partial charge on any atom is -0.312 e. The van der Waals surface area contributed by atoms with Gasteiger partial charge in [-0.3, -0.25) is 14.6 Å². The highest BCUT2D eigenvalue weighted by Gasteiger charge is 2.35. The van der Waals surface area contributed by atoms with Crippen LogP contribution >= 0.6 is 11.3 Å². The zero-order valence-corrected chi connectivity index (χ0v) is 15.4. The van der Waals surface area contributed by atoms with Crippen molar-refractivity contribution in [2.45, 2.75) is 13.3 Å². The highest BCUT2D eigenvalue weighted by atomic mass is 32.1. The van der Waals surface area contributed by atoms with Crippen molar-refractivity contribution in [3.05, 3.63) is 54.2 Å². The topological polar surface area (TPSA) is 88.1 Å². The number of anilines is 2. The summed E-state index contributed by atoms with van der Waals surface area (Å²) in [5.41, 5.74) is 2.64. The zero-order chi connectivity index (χ0) is 18.8. The molecule has 27 heavy (non-hydrogen) atoms. The first-order valence-corrected chi connectivity index (χ1v) is 9.34. The molecule has 1 atom stereocenters. The molecule has 3 aromatic rings. The van der Waals surface area contributed by atoms with Gasteiger partial charge in [-0.2, -0.15) is 0 Å². The van der Waals surface area contributed by atoms with Gasteiger partial charge < -0.3 is 10.2 Å². The van der Waals surface area contributed by atoms with Gasteiger partial charge >= 0.3 is 0 Å². The molecule has 0 spiro atoms. The van der Waals surface area contributed by atoms with Crippen LogP contribution in [0.5, 0.6) is 0 Å². The van der Waals surface area contributed by atoms with Crippen molar-refractivity contribution in [3.8, 4) is 10.7 Å². The smallest absolute Gasteiger partial charge is 0.231 e. The van der Waals surface area contributed by atoms with Gasteiger partial charge in [0.05, 0.1) is 5.92 Å². The molecule has 1 N–H and O–H groups in total. The van der Waals surface area contributed by atoms with Gasteiger partial charge in [0.2, 0.25) is 16.9 Å². The van der Waals surface area contributed by atoms with Crippen molar-refractivity contribution in [1.29, 1.82) is 0 Å². The van der Waals surface area contributed by atoms with E-state index in [0.717, 1.165) is 11.3 Å². The molecule has 7 nitrogen and oxygen atoms in total. The minimum atomic E-state index is -0.416. The van der Waals surface area contributed by atoms with E-state index in [4.69, 9.17) is 0 Å². The standard InChI is InChI=1S/C19H17N5O2S/c1-12-5-7-14(8-6-12)24-11-13(10-16(24)25)17(26)21-19-23-22-18(27-19)15-4-2-3-9-20-15/h2-9,13H,10-11H2,1H3,(H,21,23,26). The van der Waals surface area contributed by atoms with Gasteiger partial charge in [0.1, 0.15) is 5.69 Å². The lowest BCUT2D eigenvalue weighted by atomic mass is 10.1. The maximum Gasteiger partial charge on any atom is 0.231 e. The largest absolute Gasteiger partial charge is 0.312 e. The van der Waals surface area contributed by atoms with E-state index in [1.807, 2.05) is 49.4 Å². The van der Waals surface area contributed by atoms with Crippen LogP contribution in [0.2, 0.25) is 0 Å². The van der Waals surface area contributed by atoms with Crippen molar-refractivity contribution >= 4 is 34.0 Å². The van der Waals surface area contributed by atoms with Crippen LogP contribution in [-0.2, 0) is 9.59 Å².